The lowest BCUT2D eigenvalue weighted by atomic mass is 9.62. The highest BCUT2D eigenvalue weighted by molar-refractivity contribution is 5.89. The van der Waals surface area contributed by atoms with Crippen LogP contribution in [0.5, 0.6) is 0 Å². The lowest BCUT2D eigenvalue weighted by Crippen LogP contribution is -2.34. The third-order valence-corrected chi connectivity index (χ3v) is 7.87. The van der Waals surface area contributed by atoms with Crippen LogP contribution in [0.2, 0.25) is 0 Å². The summed E-state index contributed by atoms with van der Waals surface area (Å²) in [6.07, 6.45) is 8.50. The van der Waals surface area contributed by atoms with Gasteiger partial charge in [-0.25, -0.2) is 4.79 Å². The van der Waals surface area contributed by atoms with Gasteiger partial charge in [0.15, 0.2) is 0 Å². The van der Waals surface area contributed by atoms with Gasteiger partial charge >= 0.3 is 5.97 Å². The summed E-state index contributed by atoms with van der Waals surface area (Å²) < 4.78 is 0. The Morgan fingerprint density at radius 3 is 2.26 bits per heavy atom. The zero-order valence-corrected chi connectivity index (χ0v) is 21.8. The Bertz CT molecular complexity index is 1230. The largest absolute Gasteiger partial charge is 0.478 e. The zero-order chi connectivity index (χ0) is 25.2. The molecule has 3 aromatic carbocycles. The summed E-state index contributed by atoms with van der Waals surface area (Å²) in [5, 5.41) is 9.48. The average Bonchev–Trinajstić information content (AvgIpc) is 2.84. The number of hydrogen-bond donors (Lipinski definition) is 1. The van der Waals surface area contributed by atoms with E-state index in [-0.39, 0.29) is 16.7 Å². The summed E-state index contributed by atoms with van der Waals surface area (Å²) in [4.78, 5) is 11.5. The lowest BCUT2D eigenvalue weighted by molar-refractivity contribution is 0.0695. The molecule has 3 aromatic rings. The maximum absolute atomic E-state index is 11.5. The molecular weight excluding hydrogens is 428 g/mol. The fourth-order valence-electron chi connectivity index (χ4n) is 5.45. The molecule has 0 bridgehead atoms. The molecule has 0 radical (unpaired) electrons. The van der Waals surface area contributed by atoms with Crippen LogP contribution in [0.25, 0.3) is 6.08 Å². The summed E-state index contributed by atoms with van der Waals surface area (Å²) in [5.41, 5.74) is 8.31. The Morgan fingerprint density at radius 1 is 0.914 bits per heavy atom. The minimum Gasteiger partial charge on any atom is -0.478 e. The first-order chi connectivity index (χ1) is 16.6. The molecule has 0 heterocycles. The van der Waals surface area contributed by atoms with Crippen LogP contribution in [-0.4, -0.2) is 11.1 Å². The van der Waals surface area contributed by atoms with Crippen LogP contribution in [0.3, 0.4) is 0 Å². The quantitative estimate of drug-likeness (QED) is 0.380. The molecule has 1 atom stereocenters. The van der Waals surface area contributed by atoms with E-state index in [0.29, 0.717) is 12.0 Å². The molecule has 0 saturated heterocycles. The molecule has 1 aliphatic rings. The lowest BCUT2D eigenvalue weighted by Gasteiger charge is -2.42. The monoisotopic (exact) mass is 466 g/mol. The molecule has 1 unspecified atom stereocenters. The number of fused-ring (bicyclic) bond motifs is 1. The summed E-state index contributed by atoms with van der Waals surface area (Å²) in [6, 6.07) is 23.5. The topological polar surface area (TPSA) is 37.3 Å². The second-order valence-corrected chi connectivity index (χ2v) is 11.3. The number of carboxylic acid groups (broad SMARTS) is 1. The van der Waals surface area contributed by atoms with Crippen molar-refractivity contribution in [3.05, 3.63) is 112 Å². The molecule has 1 N–H and O–H groups in total. The van der Waals surface area contributed by atoms with Crippen molar-refractivity contribution in [3.8, 4) is 0 Å². The van der Waals surface area contributed by atoms with Crippen LogP contribution in [-0.2, 0) is 23.7 Å². The van der Waals surface area contributed by atoms with E-state index in [2.05, 4.69) is 88.4 Å². The van der Waals surface area contributed by atoms with Gasteiger partial charge in [-0.2, -0.15) is 0 Å². The van der Waals surface area contributed by atoms with Gasteiger partial charge in [-0.15, -0.1) is 0 Å². The van der Waals surface area contributed by atoms with Gasteiger partial charge in [0.1, 0.15) is 0 Å². The first-order valence-electron chi connectivity index (χ1n) is 12.8. The average molecular weight is 467 g/mol. The van der Waals surface area contributed by atoms with Crippen molar-refractivity contribution in [3.63, 3.8) is 0 Å². The van der Waals surface area contributed by atoms with Crippen molar-refractivity contribution >= 4 is 12.0 Å². The molecule has 1 aliphatic carbocycles. The van der Waals surface area contributed by atoms with Crippen LogP contribution in [0, 0.1) is 0 Å². The molecule has 2 nitrogen and oxygen atoms in total. The molecule has 0 fully saturated rings. The normalized spacial score (nSPS) is 17.2. The van der Waals surface area contributed by atoms with Gasteiger partial charge < -0.3 is 5.11 Å². The SMILES string of the molecule is CCc1cc(C=CC(Cc2ccccc2)c2ccc3c(c2)C(C)(C)CCC3(C)C)ccc1C(=O)O. The Balaban J connectivity index is 1.74. The number of benzene rings is 3. The van der Waals surface area contributed by atoms with Crippen molar-refractivity contribution in [2.75, 3.05) is 0 Å². The highest BCUT2D eigenvalue weighted by Crippen LogP contribution is 2.46. The van der Waals surface area contributed by atoms with Crippen molar-refractivity contribution in [2.24, 2.45) is 0 Å². The van der Waals surface area contributed by atoms with E-state index in [0.717, 1.165) is 17.5 Å². The maximum atomic E-state index is 11.5. The molecule has 182 valence electrons. The third-order valence-electron chi connectivity index (χ3n) is 7.87. The molecule has 4 rings (SSSR count). The maximum Gasteiger partial charge on any atom is 0.335 e. The molecule has 0 amide bonds. The predicted octanol–water partition coefficient (Wildman–Crippen LogP) is 8.34. The molecule has 0 aliphatic heterocycles. The molecule has 0 saturated carbocycles. The summed E-state index contributed by atoms with van der Waals surface area (Å²) in [6.45, 7) is 11.5. The van der Waals surface area contributed by atoms with Crippen molar-refractivity contribution in [2.45, 2.75) is 77.0 Å². The van der Waals surface area contributed by atoms with Crippen molar-refractivity contribution in [1.82, 2.24) is 0 Å². The van der Waals surface area contributed by atoms with Crippen LogP contribution >= 0.6 is 0 Å². The number of allylic oxidation sites excluding steroid dienone is 1. The van der Waals surface area contributed by atoms with E-state index >= 15 is 0 Å². The van der Waals surface area contributed by atoms with Crippen LogP contribution in [0.15, 0.2) is 72.8 Å². The van der Waals surface area contributed by atoms with Gasteiger partial charge in [0, 0.05) is 5.92 Å². The second kappa shape index (κ2) is 9.85. The van der Waals surface area contributed by atoms with Crippen LogP contribution < -0.4 is 0 Å². The van der Waals surface area contributed by atoms with Gasteiger partial charge in [0.2, 0.25) is 0 Å². The number of carboxylic acids is 1. The van der Waals surface area contributed by atoms with Gasteiger partial charge in [-0.1, -0.05) is 107 Å². The fraction of sp³-hybridized carbons (Fsp3) is 0.364. The Hall–Kier alpha value is -3.13. The third kappa shape index (κ3) is 5.42. The first kappa shape index (κ1) is 25.0. The van der Waals surface area contributed by atoms with Crippen LogP contribution in [0.4, 0.5) is 0 Å². The Labute approximate surface area is 210 Å². The first-order valence-corrected chi connectivity index (χ1v) is 12.8. The summed E-state index contributed by atoms with van der Waals surface area (Å²) in [7, 11) is 0. The number of carbonyl (C=O) groups is 1. The molecule has 0 aromatic heterocycles. The predicted molar refractivity (Wildman–Crippen MR) is 146 cm³/mol. The number of hydrogen-bond acceptors (Lipinski definition) is 1. The van der Waals surface area contributed by atoms with Gasteiger partial charge in [-0.05, 0) is 76.0 Å². The van der Waals surface area contributed by atoms with Crippen molar-refractivity contribution in [1.29, 1.82) is 0 Å². The molecular formula is C33H38O2. The van der Waals surface area contributed by atoms with E-state index in [9.17, 15) is 9.90 Å². The minimum atomic E-state index is -0.862. The van der Waals surface area contributed by atoms with Crippen molar-refractivity contribution < 1.29 is 9.90 Å². The smallest absolute Gasteiger partial charge is 0.335 e. The van der Waals surface area contributed by atoms with Gasteiger partial charge in [-0.3, -0.25) is 0 Å². The highest BCUT2D eigenvalue weighted by Gasteiger charge is 2.37. The summed E-state index contributed by atoms with van der Waals surface area (Å²) >= 11 is 0. The van der Waals surface area contributed by atoms with E-state index in [1.165, 1.54) is 35.1 Å². The number of aryl methyl sites for hydroxylation is 1. The Morgan fingerprint density at radius 2 is 1.60 bits per heavy atom. The molecule has 2 heteroatoms. The molecule has 35 heavy (non-hydrogen) atoms. The summed E-state index contributed by atoms with van der Waals surface area (Å²) in [5.74, 6) is -0.633. The standard InChI is InChI=1S/C33H38O2/c1-6-25-20-24(13-16-28(25)31(34)35)12-14-26(21-23-10-8-7-9-11-23)27-15-17-29-30(22-27)33(4,5)19-18-32(29,2)3/h7-17,20,22,26H,6,18-19,21H2,1-5H3,(H,34,35). The van der Waals surface area contributed by atoms with Gasteiger partial charge in [0.25, 0.3) is 0 Å². The highest BCUT2D eigenvalue weighted by atomic mass is 16.4. The fourth-order valence-corrected chi connectivity index (χ4v) is 5.45. The van der Waals surface area contributed by atoms with E-state index < -0.39 is 5.97 Å². The minimum absolute atomic E-state index is 0.171. The number of rotatable bonds is 7. The van der Waals surface area contributed by atoms with E-state index in [1.807, 2.05) is 19.1 Å². The molecule has 0 spiro atoms. The Kier molecular flexibility index (Phi) is 7.03. The second-order valence-electron chi connectivity index (χ2n) is 11.3. The number of aromatic carboxylic acids is 1. The van der Waals surface area contributed by atoms with E-state index in [1.54, 1.807) is 6.07 Å². The van der Waals surface area contributed by atoms with Crippen LogP contribution in [0.1, 0.15) is 97.1 Å². The van der Waals surface area contributed by atoms with E-state index in [4.69, 9.17) is 0 Å². The zero-order valence-electron chi connectivity index (χ0n) is 21.8. The van der Waals surface area contributed by atoms with Gasteiger partial charge in [0.05, 0.1) is 5.56 Å².